The fraction of sp³-hybridized carbons (Fsp3) is 0.100. The van der Waals surface area contributed by atoms with E-state index in [4.69, 9.17) is 5.26 Å². The van der Waals surface area contributed by atoms with Crippen molar-refractivity contribution in [3.05, 3.63) is 96.1 Å². The number of carbonyl (C=O) groups is 4. The Kier molecular flexibility index (Phi) is 17.9. The number of aliphatic carboxylic acids is 4. The van der Waals surface area contributed by atoms with Crippen LogP contribution >= 0.6 is 12.0 Å². The molecule has 6 aromatic rings. The number of anilines is 10. The Morgan fingerprint density at radius 3 is 1.22 bits per heavy atom. The molecular weight excluding hydrogens is 1100 g/mol. The zero-order valence-corrected chi connectivity index (χ0v) is 40.9. The molecule has 0 spiro atoms. The molecule has 0 aliphatic carbocycles. The monoisotopic (exact) mass is 1130 g/mol. The summed E-state index contributed by atoms with van der Waals surface area (Å²) in [5.41, 5.74) is 0.471. The number of hydrogen-bond acceptors (Lipinski definition) is 26. The number of nitrogens with zero attached hydrogens (tertiary/aromatic N) is 6. The van der Waals surface area contributed by atoms with Crippen LogP contribution in [0.2, 0.25) is 0 Å². The van der Waals surface area contributed by atoms with E-state index in [2.05, 4.69) is 71.2 Å². The first kappa shape index (κ1) is 56.6. The molecule has 0 amide bonds. The van der Waals surface area contributed by atoms with E-state index in [-0.39, 0.29) is 56.6 Å². The highest BCUT2D eigenvalue weighted by Gasteiger charge is 2.25. The molecule has 0 saturated heterocycles. The number of aromatic nitrogens is 6. The molecular formula is C40H36N12O20S4. The van der Waals surface area contributed by atoms with E-state index in [1.807, 2.05) is 0 Å². The van der Waals surface area contributed by atoms with Gasteiger partial charge in [-0.25, -0.2) is 14.8 Å². The smallest absolute Gasteiger partial charge is 0.326 e. The van der Waals surface area contributed by atoms with Crippen LogP contribution in [0.3, 0.4) is 0 Å². The van der Waals surface area contributed by atoms with E-state index in [1.165, 1.54) is 66.7 Å². The van der Waals surface area contributed by atoms with E-state index in [0.29, 0.717) is 12.0 Å². The molecule has 14 N–H and O–H groups in total. The van der Waals surface area contributed by atoms with Gasteiger partial charge in [0.05, 0.1) is 34.7 Å². The highest BCUT2D eigenvalue weighted by molar-refractivity contribution is 7.94. The molecule has 2 unspecified atom stereocenters. The molecule has 2 aromatic heterocycles. The maximum absolute atomic E-state index is 12.8. The molecule has 0 bridgehead atoms. The highest BCUT2D eigenvalue weighted by Crippen LogP contribution is 2.32. The molecule has 2 heterocycles. The molecule has 32 nitrogen and oxygen atoms in total. The molecule has 0 aliphatic heterocycles. The third-order valence-electron chi connectivity index (χ3n) is 9.46. The fourth-order valence-electron chi connectivity index (χ4n) is 6.13. The molecule has 0 radical (unpaired) electrons. The van der Waals surface area contributed by atoms with Gasteiger partial charge in [-0.05, 0) is 83.9 Å². The van der Waals surface area contributed by atoms with Crippen LogP contribution in [0.15, 0.2) is 105 Å². The van der Waals surface area contributed by atoms with Crippen LogP contribution in [0.4, 0.5) is 58.4 Å². The summed E-state index contributed by atoms with van der Waals surface area (Å²) in [5, 5.41) is 66.2. The molecule has 6 rings (SSSR count). The van der Waals surface area contributed by atoms with Crippen LogP contribution in [0.5, 0.6) is 0 Å². The van der Waals surface area contributed by atoms with Gasteiger partial charge in [-0.2, -0.15) is 55.2 Å². The predicted molar refractivity (Wildman–Crippen MR) is 262 cm³/mol. The second-order valence-corrected chi connectivity index (χ2v) is 19.9. The third-order valence-corrected chi connectivity index (χ3v) is 12.8. The van der Waals surface area contributed by atoms with Crippen molar-refractivity contribution in [2.24, 2.45) is 0 Å². The predicted octanol–water partition coefficient (Wildman–Crippen LogP) is 4.05. The number of carboxylic acid groups (broad SMARTS) is 4. The SMILES string of the molecule is O=C(O)CC(Nc1nc(Nc2ccc(S(=O)(=O)O)cc2)nc(Nc2ccc(C=Cc3ccc(Nc4nc(Nc5ccc(S(=O)(=O)O)cc5)nc(NC(CC(=O)O)C(=O)O)n4)cc3S(=O)(=O)O)c(SOOO)c2)n1)C(=O)O. The summed E-state index contributed by atoms with van der Waals surface area (Å²) in [6, 6.07) is 13.3. The summed E-state index contributed by atoms with van der Waals surface area (Å²) in [4.78, 5) is 69.7. The van der Waals surface area contributed by atoms with E-state index in [1.54, 1.807) is 0 Å². The average Bonchev–Trinajstić information content (AvgIpc) is 3.32. The largest absolute Gasteiger partial charge is 0.481 e. The van der Waals surface area contributed by atoms with Crippen molar-refractivity contribution >= 4 is 137 Å². The summed E-state index contributed by atoms with van der Waals surface area (Å²) < 4.78 is 105. The Balaban J connectivity index is 1.30. The standard InChI is InChI=1S/C40H36N12O20S4/c53-31(54)17-27(33(57)58)45-39-49-35(41-21-7-11-25(12-8-21)74(62,63)64)47-37(51-39)43-23-5-3-19(29(15-23)73-72-71-61)1-2-20-4-6-24(16-30(20)76(68,69)70)44-38-48-36(42-22-9-13-26(14-10-22)75(65,66)67)50-40(52-38)46-28(34(59)60)18-32(55)56/h1-16,27-28,61H,17-18H2,(H,53,54)(H,55,56)(H,57,58)(H,59,60)(H,62,63,64)(H,65,66,67)(H,68,69,70)(H3,41,43,45,47,49,51)(H3,42,44,46,48,50,52). The number of carboxylic acids is 4. The van der Waals surface area contributed by atoms with Gasteiger partial charge in [0.2, 0.25) is 35.7 Å². The Morgan fingerprint density at radius 2 is 0.855 bits per heavy atom. The minimum Gasteiger partial charge on any atom is -0.481 e. The Morgan fingerprint density at radius 1 is 0.500 bits per heavy atom. The number of nitrogens with one attached hydrogen (secondary N) is 6. The first-order chi connectivity index (χ1) is 35.7. The van der Waals surface area contributed by atoms with Crippen LogP contribution in [0, 0.1) is 0 Å². The average molecular weight is 1130 g/mol. The fourth-order valence-corrected chi connectivity index (χ4v) is 8.31. The molecule has 4 aromatic carbocycles. The Hall–Kier alpha value is -8.72. The maximum Gasteiger partial charge on any atom is 0.326 e. The zero-order valence-electron chi connectivity index (χ0n) is 37.6. The second-order valence-electron chi connectivity index (χ2n) is 14.9. The van der Waals surface area contributed by atoms with Gasteiger partial charge >= 0.3 is 23.9 Å². The van der Waals surface area contributed by atoms with Crippen molar-refractivity contribution in [2.45, 2.75) is 44.5 Å². The van der Waals surface area contributed by atoms with Crippen LogP contribution in [-0.2, 0) is 58.9 Å². The van der Waals surface area contributed by atoms with Crippen molar-refractivity contribution in [1.29, 1.82) is 0 Å². The van der Waals surface area contributed by atoms with Crippen molar-refractivity contribution in [2.75, 3.05) is 31.9 Å². The highest BCUT2D eigenvalue weighted by atomic mass is 32.2. The number of benzene rings is 4. The van der Waals surface area contributed by atoms with Crippen molar-refractivity contribution < 1.29 is 93.1 Å². The van der Waals surface area contributed by atoms with Gasteiger partial charge in [0, 0.05) is 27.6 Å². The van der Waals surface area contributed by atoms with Gasteiger partial charge in [0.15, 0.2) is 0 Å². The van der Waals surface area contributed by atoms with Crippen molar-refractivity contribution in [3.63, 3.8) is 0 Å². The van der Waals surface area contributed by atoms with Crippen molar-refractivity contribution in [3.8, 4) is 0 Å². The number of hydrogen-bond donors (Lipinski definition) is 14. The topological polar surface area (TPSA) is 501 Å². The Bertz CT molecular complexity index is 3560. The molecule has 0 aliphatic rings. The molecule has 36 heteroatoms. The molecule has 2 atom stereocenters. The normalized spacial score (nSPS) is 12.5. The van der Waals surface area contributed by atoms with Gasteiger partial charge in [-0.15, -0.1) is 4.33 Å². The lowest BCUT2D eigenvalue weighted by Crippen LogP contribution is -2.32. The minimum absolute atomic E-state index is 0.101. The van der Waals surface area contributed by atoms with Gasteiger partial charge in [0.25, 0.3) is 30.4 Å². The van der Waals surface area contributed by atoms with E-state index in [0.717, 1.165) is 30.3 Å². The van der Waals surface area contributed by atoms with Crippen LogP contribution in [-0.4, -0.2) is 130 Å². The lowest BCUT2D eigenvalue weighted by Gasteiger charge is -2.15. The van der Waals surface area contributed by atoms with Gasteiger partial charge in [-0.1, -0.05) is 29.3 Å². The van der Waals surface area contributed by atoms with E-state index < -0.39 is 112 Å². The van der Waals surface area contributed by atoms with Crippen LogP contribution < -0.4 is 31.9 Å². The summed E-state index contributed by atoms with van der Waals surface area (Å²) in [6.45, 7) is 0. The van der Waals surface area contributed by atoms with Crippen LogP contribution in [0.1, 0.15) is 24.0 Å². The lowest BCUT2D eigenvalue weighted by atomic mass is 10.1. The minimum atomic E-state index is -5.05. The first-order valence-electron chi connectivity index (χ1n) is 20.5. The number of rotatable bonds is 26. The van der Waals surface area contributed by atoms with Crippen LogP contribution in [0.25, 0.3) is 12.2 Å². The van der Waals surface area contributed by atoms with Crippen molar-refractivity contribution in [1.82, 2.24) is 29.9 Å². The quantitative estimate of drug-likeness (QED) is 0.0120. The summed E-state index contributed by atoms with van der Waals surface area (Å²) in [6.07, 6.45) is 0.755. The zero-order chi connectivity index (χ0) is 55.5. The van der Waals surface area contributed by atoms with Gasteiger partial charge in [0.1, 0.15) is 17.0 Å². The molecule has 400 valence electrons. The molecule has 0 fully saturated rings. The molecule has 76 heavy (non-hydrogen) atoms. The summed E-state index contributed by atoms with van der Waals surface area (Å²) >= 11 is 0.435. The summed E-state index contributed by atoms with van der Waals surface area (Å²) in [7, 11) is -14.2. The summed E-state index contributed by atoms with van der Waals surface area (Å²) in [5.74, 6) is -8.45. The maximum atomic E-state index is 12.8. The molecule has 0 saturated carbocycles. The van der Waals surface area contributed by atoms with E-state index >= 15 is 0 Å². The third kappa shape index (κ3) is 16.4. The van der Waals surface area contributed by atoms with E-state index in [9.17, 15) is 78.5 Å². The van der Waals surface area contributed by atoms with Gasteiger partial charge in [-0.3, -0.25) is 23.2 Å². The Labute approximate surface area is 430 Å². The first-order valence-corrected chi connectivity index (χ1v) is 25.5. The second kappa shape index (κ2) is 24.1. The lowest BCUT2D eigenvalue weighted by molar-refractivity contribution is -0.432. The van der Waals surface area contributed by atoms with Gasteiger partial charge < -0.3 is 52.3 Å².